The topological polar surface area (TPSA) is 70.7 Å². The van der Waals surface area contributed by atoms with E-state index in [0.29, 0.717) is 25.3 Å². The lowest BCUT2D eigenvalue weighted by molar-refractivity contribution is -0.122. The van der Waals surface area contributed by atoms with Crippen molar-refractivity contribution in [3.63, 3.8) is 0 Å². The Labute approximate surface area is 168 Å². The van der Waals surface area contributed by atoms with Crippen LogP contribution in [-0.4, -0.2) is 49.6 Å². The van der Waals surface area contributed by atoms with Gasteiger partial charge in [-0.1, -0.05) is 31.4 Å². The monoisotopic (exact) mass is 387 g/mol. The Morgan fingerprint density at radius 2 is 1.86 bits per heavy atom. The van der Waals surface area contributed by atoms with Gasteiger partial charge in [-0.3, -0.25) is 14.5 Å². The zero-order chi connectivity index (χ0) is 19.6. The molecule has 0 spiro atoms. The molecule has 6 heteroatoms. The van der Waals surface area contributed by atoms with Gasteiger partial charge in [-0.15, -0.1) is 0 Å². The fourth-order valence-electron chi connectivity index (χ4n) is 3.99. The number of morpholine rings is 1. The summed E-state index contributed by atoms with van der Waals surface area (Å²) in [6, 6.07) is 7.72. The molecule has 1 aliphatic carbocycles. The predicted octanol–water partition coefficient (Wildman–Crippen LogP) is 2.93. The number of carbonyl (C=O) groups excluding carboxylic acids is 2. The molecule has 2 fully saturated rings. The van der Waals surface area contributed by atoms with Crippen LogP contribution in [0.2, 0.25) is 0 Å². The van der Waals surface area contributed by atoms with Crippen molar-refractivity contribution in [1.82, 2.24) is 10.2 Å². The van der Waals surface area contributed by atoms with Crippen LogP contribution in [0.15, 0.2) is 24.3 Å². The van der Waals surface area contributed by atoms with E-state index < -0.39 is 0 Å². The van der Waals surface area contributed by atoms with Crippen LogP contribution in [0.5, 0.6) is 0 Å². The molecular formula is C22H33N3O3. The Balaban J connectivity index is 1.39. The van der Waals surface area contributed by atoms with Crippen molar-refractivity contribution in [3.8, 4) is 0 Å². The lowest BCUT2D eigenvalue weighted by Gasteiger charge is -2.26. The number of amides is 2. The van der Waals surface area contributed by atoms with Crippen molar-refractivity contribution in [1.29, 1.82) is 0 Å². The highest BCUT2D eigenvalue weighted by molar-refractivity contribution is 5.90. The summed E-state index contributed by atoms with van der Waals surface area (Å²) in [6.45, 7) is 4.54. The van der Waals surface area contributed by atoms with Gasteiger partial charge in [-0.05, 0) is 36.5 Å². The van der Waals surface area contributed by atoms with Crippen molar-refractivity contribution in [3.05, 3.63) is 29.8 Å². The highest BCUT2D eigenvalue weighted by Gasteiger charge is 2.17. The Bertz CT molecular complexity index is 638. The highest BCUT2D eigenvalue weighted by atomic mass is 16.5. The summed E-state index contributed by atoms with van der Waals surface area (Å²) in [4.78, 5) is 26.7. The normalized spacial score (nSPS) is 18.6. The molecule has 0 bridgehead atoms. The van der Waals surface area contributed by atoms with Gasteiger partial charge < -0.3 is 15.4 Å². The van der Waals surface area contributed by atoms with Gasteiger partial charge in [0, 0.05) is 44.7 Å². The standard InChI is InChI=1S/C22H33N3O3/c26-21(9-10-25-11-13-28-14-12-25)24-20-8-4-7-19(15-20)17-23-22(27)16-18-5-2-1-3-6-18/h4,7-8,15,18H,1-3,5-6,9-14,16-17H2,(H,23,27)(H,24,26). The van der Waals surface area contributed by atoms with Gasteiger partial charge in [0.05, 0.1) is 13.2 Å². The number of ether oxygens (including phenoxy) is 1. The van der Waals surface area contributed by atoms with Crippen LogP contribution in [0.3, 0.4) is 0 Å². The van der Waals surface area contributed by atoms with Gasteiger partial charge in [0.2, 0.25) is 11.8 Å². The largest absolute Gasteiger partial charge is 0.379 e. The summed E-state index contributed by atoms with van der Waals surface area (Å²) in [7, 11) is 0. The molecule has 0 atom stereocenters. The maximum atomic E-state index is 12.2. The van der Waals surface area contributed by atoms with Crippen molar-refractivity contribution in [2.45, 2.75) is 51.5 Å². The van der Waals surface area contributed by atoms with E-state index in [1.54, 1.807) is 0 Å². The van der Waals surface area contributed by atoms with Crippen molar-refractivity contribution < 1.29 is 14.3 Å². The lowest BCUT2D eigenvalue weighted by atomic mass is 9.87. The van der Waals surface area contributed by atoms with E-state index in [1.807, 2.05) is 24.3 Å². The van der Waals surface area contributed by atoms with E-state index in [2.05, 4.69) is 15.5 Å². The third kappa shape index (κ3) is 7.24. The van der Waals surface area contributed by atoms with E-state index in [9.17, 15) is 9.59 Å². The Morgan fingerprint density at radius 3 is 2.64 bits per heavy atom. The average molecular weight is 388 g/mol. The van der Waals surface area contributed by atoms with Crippen LogP contribution in [0.1, 0.15) is 50.5 Å². The zero-order valence-corrected chi connectivity index (χ0v) is 16.8. The smallest absolute Gasteiger partial charge is 0.225 e. The summed E-state index contributed by atoms with van der Waals surface area (Å²) in [5.41, 5.74) is 1.79. The minimum absolute atomic E-state index is 0.0185. The molecule has 2 aliphatic rings. The number of nitrogens with zero attached hydrogens (tertiary/aromatic N) is 1. The number of nitrogens with one attached hydrogen (secondary N) is 2. The average Bonchev–Trinajstić information content (AvgIpc) is 2.73. The minimum atomic E-state index is 0.0185. The number of benzene rings is 1. The summed E-state index contributed by atoms with van der Waals surface area (Å²) >= 11 is 0. The third-order valence-corrected chi connectivity index (χ3v) is 5.66. The first kappa shape index (κ1) is 20.8. The first-order chi connectivity index (χ1) is 13.7. The number of carbonyl (C=O) groups is 2. The van der Waals surface area contributed by atoms with Gasteiger partial charge in [0.15, 0.2) is 0 Å². The van der Waals surface area contributed by atoms with Crippen molar-refractivity contribution in [2.75, 3.05) is 38.2 Å². The van der Waals surface area contributed by atoms with Gasteiger partial charge in [0.25, 0.3) is 0 Å². The SMILES string of the molecule is O=C(CC1CCCCC1)NCc1cccc(NC(=O)CCN2CCOCC2)c1. The molecule has 1 aromatic carbocycles. The van der Waals surface area contributed by atoms with Gasteiger partial charge in [0.1, 0.15) is 0 Å². The molecule has 154 valence electrons. The summed E-state index contributed by atoms with van der Waals surface area (Å²) in [6.07, 6.45) is 7.29. The second-order valence-electron chi connectivity index (χ2n) is 7.94. The van der Waals surface area contributed by atoms with Gasteiger partial charge in [-0.2, -0.15) is 0 Å². The zero-order valence-electron chi connectivity index (χ0n) is 16.8. The van der Waals surface area contributed by atoms with E-state index in [-0.39, 0.29) is 11.8 Å². The van der Waals surface area contributed by atoms with Crippen LogP contribution in [0, 0.1) is 5.92 Å². The molecule has 1 saturated heterocycles. The van der Waals surface area contributed by atoms with E-state index in [4.69, 9.17) is 4.74 Å². The molecule has 28 heavy (non-hydrogen) atoms. The predicted molar refractivity (Wildman–Crippen MR) is 110 cm³/mol. The molecule has 2 amide bonds. The molecule has 0 aromatic heterocycles. The number of hydrogen-bond donors (Lipinski definition) is 2. The fraction of sp³-hybridized carbons (Fsp3) is 0.636. The molecule has 0 unspecified atom stereocenters. The molecule has 1 aliphatic heterocycles. The molecular weight excluding hydrogens is 354 g/mol. The first-order valence-electron chi connectivity index (χ1n) is 10.6. The maximum Gasteiger partial charge on any atom is 0.225 e. The van der Waals surface area contributed by atoms with Crippen molar-refractivity contribution >= 4 is 17.5 Å². The second-order valence-corrected chi connectivity index (χ2v) is 7.94. The minimum Gasteiger partial charge on any atom is -0.379 e. The van der Waals surface area contributed by atoms with E-state index >= 15 is 0 Å². The molecule has 1 heterocycles. The van der Waals surface area contributed by atoms with Crippen molar-refractivity contribution in [2.24, 2.45) is 5.92 Å². The summed E-state index contributed by atoms with van der Waals surface area (Å²) in [5, 5.41) is 5.99. The first-order valence-corrected chi connectivity index (χ1v) is 10.6. The molecule has 3 rings (SSSR count). The van der Waals surface area contributed by atoms with Crippen LogP contribution >= 0.6 is 0 Å². The van der Waals surface area contributed by atoms with Crippen LogP contribution in [-0.2, 0) is 20.9 Å². The van der Waals surface area contributed by atoms with Crippen LogP contribution in [0.25, 0.3) is 0 Å². The van der Waals surface area contributed by atoms with Crippen LogP contribution in [0.4, 0.5) is 5.69 Å². The number of hydrogen-bond acceptors (Lipinski definition) is 4. The Morgan fingerprint density at radius 1 is 1.07 bits per heavy atom. The van der Waals surface area contributed by atoms with Gasteiger partial charge in [-0.25, -0.2) is 0 Å². The third-order valence-electron chi connectivity index (χ3n) is 5.66. The maximum absolute atomic E-state index is 12.2. The lowest BCUT2D eigenvalue weighted by Crippen LogP contribution is -2.38. The van der Waals surface area contributed by atoms with E-state index in [1.165, 1.54) is 32.1 Å². The number of anilines is 1. The Kier molecular flexibility index (Phi) is 8.30. The molecule has 1 saturated carbocycles. The quantitative estimate of drug-likeness (QED) is 0.720. The highest BCUT2D eigenvalue weighted by Crippen LogP contribution is 2.26. The second kappa shape index (κ2) is 11.2. The Hall–Kier alpha value is -1.92. The van der Waals surface area contributed by atoms with Gasteiger partial charge >= 0.3 is 0 Å². The van der Waals surface area contributed by atoms with Crippen LogP contribution < -0.4 is 10.6 Å². The van der Waals surface area contributed by atoms with E-state index in [0.717, 1.165) is 44.1 Å². The summed E-state index contributed by atoms with van der Waals surface area (Å²) < 4.78 is 5.33. The molecule has 1 aromatic rings. The number of rotatable bonds is 8. The fourth-order valence-corrected chi connectivity index (χ4v) is 3.99. The molecule has 6 nitrogen and oxygen atoms in total. The molecule has 2 N–H and O–H groups in total. The summed E-state index contributed by atoms with van der Waals surface area (Å²) in [5.74, 6) is 0.697. The molecule has 0 radical (unpaired) electrons.